The Morgan fingerprint density at radius 3 is 2.43 bits per heavy atom. The summed E-state index contributed by atoms with van der Waals surface area (Å²) in [7, 11) is -3.87. The number of hydrogen-bond donors (Lipinski definition) is 2. The fourth-order valence-electron chi connectivity index (χ4n) is 3.14. The molecule has 2 aromatic carbocycles. The highest BCUT2D eigenvalue weighted by Crippen LogP contribution is 2.28. The minimum absolute atomic E-state index is 0.0894. The van der Waals surface area contributed by atoms with E-state index in [1.165, 1.54) is 0 Å². The lowest BCUT2D eigenvalue weighted by Gasteiger charge is -2.29. The first kappa shape index (κ1) is 18.2. The van der Waals surface area contributed by atoms with E-state index in [-0.39, 0.29) is 23.2 Å². The Kier molecular flexibility index (Phi) is 4.60. The van der Waals surface area contributed by atoms with Gasteiger partial charge in [0.1, 0.15) is 0 Å². The molecule has 1 aromatic heterocycles. The van der Waals surface area contributed by atoms with E-state index in [1.807, 2.05) is 12.1 Å². The molecule has 1 amide bonds. The summed E-state index contributed by atoms with van der Waals surface area (Å²) in [5.74, 6) is 0.302. The third-order valence-corrected chi connectivity index (χ3v) is 6.00. The lowest BCUT2D eigenvalue weighted by Crippen LogP contribution is -2.48. The van der Waals surface area contributed by atoms with Crippen LogP contribution in [0.15, 0.2) is 53.4 Å². The Bertz CT molecular complexity index is 1160. The molecule has 1 saturated heterocycles. The van der Waals surface area contributed by atoms with Crippen LogP contribution in [0.25, 0.3) is 11.0 Å². The van der Waals surface area contributed by atoms with Crippen molar-refractivity contribution >= 4 is 38.6 Å². The van der Waals surface area contributed by atoms with Crippen LogP contribution in [0.4, 0.5) is 11.6 Å². The highest BCUT2D eigenvalue weighted by atomic mass is 32.2. The minimum atomic E-state index is -3.87. The smallest absolute Gasteiger partial charge is 0.263 e. The summed E-state index contributed by atoms with van der Waals surface area (Å²) < 4.78 is 28.5. The number of aryl methyl sites for hydroxylation is 1. The van der Waals surface area contributed by atoms with Crippen molar-refractivity contribution in [2.24, 2.45) is 0 Å². The van der Waals surface area contributed by atoms with Crippen LogP contribution in [-0.4, -0.2) is 43.9 Å². The summed E-state index contributed by atoms with van der Waals surface area (Å²) in [6, 6.07) is 13.9. The topological polar surface area (TPSA) is 104 Å². The van der Waals surface area contributed by atoms with Crippen molar-refractivity contribution in [2.45, 2.75) is 11.8 Å². The van der Waals surface area contributed by atoms with Crippen LogP contribution in [0.5, 0.6) is 0 Å². The van der Waals surface area contributed by atoms with E-state index < -0.39 is 10.0 Å². The van der Waals surface area contributed by atoms with Crippen molar-refractivity contribution in [3.8, 4) is 0 Å². The van der Waals surface area contributed by atoms with Crippen LogP contribution in [0.2, 0.25) is 0 Å². The predicted molar refractivity (Wildman–Crippen MR) is 107 cm³/mol. The third kappa shape index (κ3) is 3.48. The zero-order valence-corrected chi connectivity index (χ0v) is 16.0. The van der Waals surface area contributed by atoms with Crippen molar-refractivity contribution in [3.05, 3.63) is 54.1 Å². The van der Waals surface area contributed by atoms with Crippen LogP contribution in [-0.2, 0) is 14.8 Å². The summed E-state index contributed by atoms with van der Waals surface area (Å²) in [5.41, 5.74) is 1.82. The monoisotopic (exact) mass is 397 g/mol. The lowest BCUT2D eigenvalue weighted by atomic mass is 10.2. The highest BCUT2D eigenvalue weighted by Gasteiger charge is 2.25. The molecule has 3 aromatic rings. The molecule has 9 heteroatoms. The Hall–Kier alpha value is -3.20. The number of rotatable bonds is 4. The number of carbonyl (C=O) groups excluding carboxylic acids is 1. The Labute approximate surface area is 162 Å². The van der Waals surface area contributed by atoms with Crippen LogP contribution in [0.1, 0.15) is 5.56 Å². The summed E-state index contributed by atoms with van der Waals surface area (Å²) in [4.78, 5) is 22.8. The number of carbonyl (C=O) groups is 1. The Morgan fingerprint density at radius 1 is 1.04 bits per heavy atom. The van der Waals surface area contributed by atoms with Gasteiger partial charge in [-0.1, -0.05) is 30.3 Å². The van der Waals surface area contributed by atoms with Gasteiger partial charge in [0, 0.05) is 13.1 Å². The second-order valence-corrected chi connectivity index (χ2v) is 8.18. The number of nitrogens with zero attached hydrogens (tertiary/aromatic N) is 3. The number of anilines is 2. The summed E-state index contributed by atoms with van der Waals surface area (Å²) in [5, 5.41) is 2.75. The van der Waals surface area contributed by atoms with E-state index in [1.54, 1.807) is 48.2 Å². The molecule has 0 atom stereocenters. The van der Waals surface area contributed by atoms with E-state index in [2.05, 4.69) is 20.0 Å². The number of amides is 1. The standard InChI is InChI=1S/C19H19N5O3S/c1-13-6-2-5-9-16(13)28(26,27)23-18-19(24-11-10-20-17(25)12-24)22-15-8-4-3-7-14(15)21-18/h2-9H,10-12H2,1H3,(H,20,25)(H,21,23). The maximum absolute atomic E-state index is 13.0. The molecule has 1 aliphatic rings. The predicted octanol–water partition coefficient (Wildman–Crippen LogP) is 1.68. The number of nitrogens with one attached hydrogen (secondary N) is 2. The number of fused-ring (bicyclic) bond motifs is 1. The zero-order chi connectivity index (χ0) is 19.7. The SMILES string of the molecule is Cc1ccccc1S(=O)(=O)Nc1nc2ccccc2nc1N1CCNC(=O)C1. The molecule has 0 bridgehead atoms. The summed E-state index contributed by atoms with van der Waals surface area (Å²) in [6.45, 7) is 2.79. The first-order chi connectivity index (χ1) is 13.4. The molecule has 4 rings (SSSR count). The summed E-state index contributed by atoms with van der Waals surface area (Å²) in [6.07, 6.45) is 0. The van der Waals surface area contributed by atoms with Gasteiger partial charge in [0.15, 0.2) is 11.6 Å². The fourth-order valence-corrected chi connectivity index (χ4v) is 4.39. The normalized spacial score (nSPS) is 14.8. The van der Waals surface area contributed by atoms with E-state index >= 15 is 0 Å². The van der Waals surface area contributed by atoms with Gasteiger partial charge in [-0.05, 0) is 30.7 Å². The van der Waals surface area contributed by atoms with Crippen molar-refractivity contribution in [1.82, 2.24) is 15.3 Å². The van der Waals surface area contributed by atoms with Crippen LogP contribution >= 0.6 is 0 Å². The average molecular weight is 397 g/mol. The molecule has 0 radical (unpaired) electrons. The van der Waals surface area contributed by atoms with Gasteiger partial charge < -0.3 is 10.2 Å². The van der Waals surface area contributed by atoms with Crippen LogP contribution < -0.4 is 14.9 Å². The van der Waals surface area contributed by atoms with Gasteiger partial charge in [0.05, 0.1) is 22.5 Å². The first-order valence-corrected chi connectivity index (χ1v) is 10.3. The van der Waals surface area contributed by atoms with Gasteiger partial charge in [-0.15, -0.1) is 0 Å². The van der Waals surface area contributed by atoms with E-state index in [4.69, 9.17) is 0 Å². The largest absolute Gasteiger partial charge is 0.353 e. The molecular weight excluding hydrogens is 378 g/mol. The highest BCUT2D eigenvalue weighted by molar-refractivity contribution is 7.92. The second-order valence-electron chi connectivity index (χ2n) is 6.53. The third-order valence-electron chi connectivity index (χ3n) is 4.50. The molecule has 0 spiro atoms. The van der Waals surface area contributed by atoms with E-state index in [0.29, 0.717) is 35.5 Å². The van der Waals surface area contributed by atoms with Crippen molar-refractivity contribution in [1.29, 1.82) is 0 Å². The molecule has 144 valence electrons. The fraction of sp³-hybridized carbons (Fsp3) is 0.211. The average Bonchev–Trinajstić information content (AvgIpc) is 2.67. The van der Waals surface area contributed by atoms with E-state index in [9.17, 15) is 13.2 Å². The molecule has 1 aliphatic heterocycles. The van der Waals surface area contributed by atoms with Gasteiger partial charge in [-0.2, -0.15) is 0 Å². The first-order valence-electron chi connectivity index (χ1n) is 8.81. The number of piperazine rings is 1. The van der Waals surface area contributed by atoms with Gasteiger partial charge in [-0.25, -0.2) is 18.4 Å². The Morgan fingerprint density at radius 2 is 1.71 bits per heavy atom. The molecule has 0 aliphatic carbocycles. The van der Waals surface area contributed by atoms with Gasteiger partial charge in [-0.3, -0.25) is 9.52 Å². The molecular formula is C19H19N5O3S. The zero-order valence-electron chi connectivity index (χ0n) is 15.2. The summed E-state index contributed by atoms with van der Waals surface area (Å²) >= 11 is 0. The van der Waals surface area contributed by atoms with Gasteiger partial charge in [0.25, 0.3) is 10.0 Å². The molecule has 2 heterocycles. The molecule has 2 N–H and O–H groups in total. The maximum Gasteiger partial charge on any atom is 0.263 e. The lowest BCUT2D eigenvalue weighted by molar-refractivity contribution is -0.120. The molecule has 28 heavy (non-hydrogen) atoms. The van der Waals surface area contributed by atoms with Crippen LogP contribution in [0.3, 0.4) is 0 Å². The van der Waals surface area contributed by atoms with Gasteiger partial charge in [0.2, 0.25) is 5.91 Å². The maximum atomic E-state index is 13.0. The molecule has 0 saturated carbocycles. The number of para-hydroxylation sites is 2. The van der Waals surface area contributed by atoms with E-state index in [0.717, 1.165) is 0 Å². The van der Waals surface area contributed by atoms with Gasteiger partial charge >= 0.3 is 0 Å². The number of benzene rings is 2. The van der Waals surface area contributed by atoms with Crippen molar-refractivity contribution < 1.29 is 13.2 Å². The molecule has 0 unspecified atom stereocenters. The number of aromatic nitrogens is 2. The van der Waals surface area contributed by atoms with Crippen LogP contribution in [0, 0.1) is 6.92 Å². The minimum Gasteiger partial charge on any atom is -0.353 e. The Balaban J connectivity index is 1.81. The number of hydrogen-bond acceptors (Lipinski definition) is 6. The molecule has 1 fully saturated rings. The van der Waals surface area contributed by atoms with Crippen molar-refractivity contribution in [3.63, 3.8) is 0 Å². The quantitative estimate of drug-likeness (QED) is 0.694. The molecule has 8 nitrogen and oxygen atoms in total. The number of sulfonamides is 1. The second kappa shape index (κ2) is 7.08. The van der Waals surface area contributed by atoms with Crippen molar-refractivity contribution in [2.75, 3.05) is 29.3 Å².